The molecule has 0 radical (unpaired) electrons. The van der Waals surface area contributed by atoms with Crippen LogP contribution in [0.15, 0.2) is 36.7 Å². The maximum absolute atomic E-state index is 12.7. The number of halogens is 1. The van der Waals surface area contributed by atoms with Gasteiger partial charge in [-0.1, -0.05) is 0 Å². The Labute approximate surface area is 117 Å². The molecule has 106 valence electrons. The van der Waals surface area contributed by atoms with E-state index >= 15 is 0 Å². The monoisotopic (exact) mass is 276 g/mol. The van der Waals surface area contributed by atoms with Crippen LogP contribution in [0, 0.1) is 5.82 Å². The molecule has 1 aromatic heterocycles. The molecule has 0 saturated carbocycles. The van der Waals surface area contributed by atoms with Gasteiger partial charge in [-0.05, 0) is 24.3 Å². The second-order valence-electron chi connectivity index (χ2n) is 4.39. The van der Waals surface area contributed by atoms with Crippen molar-refractivity contribution < 1.29 is 9.13 Å². The molecule has 1 aromatic carbocycles. The van der Waals surface area contributed by atoms with E-state index < -0.39 is 0 Å². The standard InChI is InChI=1S/C14H17FN4O/c1-19(2)14-9-13(17-10-18-14)16-7-8-20-12-5-3-11(15)4-6-12/h3-6,9-10H,7-8H2,1-2H3,(H,16,17,18). The van der Waals surface area contributed by atoms with Crippen molar-refractivity contribution in [3.05, 3.63) is 42.5 Å². The normalized spacial score (nSPS) is 10.2. The zero-order chi connectivity index (χ0) is 14.4. The molecule has 0 unspecified atom stereocenters. The number of nitrogens with one attached hydrogen (secondary N) is 1. The van der Waals surface area contributed by atoms with Gasteiger partial charge in [0.15, 0.2) is 0 Å². The van der Waals surface area contributed by atoms with Crippen LogP contribution in [0.5, 0.6) is 5.75 Å². The van der Waals surface area contributed by atoms with Crippen LogP contribution in [0.3, 0.4) is 0 Å². The second-order valence-corrected chi connectivity index (χ2v) is 4.39. The van der Waals surface area contributed by atoms with Crippen LogP contribution in [-0.4, -0.2) is 37.2 Å². The Hall–Kier alpha value is -2.37. The van der Waals surface area contributed by atoms with E-state index in [1.54, 1.807) is 12.1 Å². The smallest absolute Gasteiger partial charge is 0.133 e. The molecule has 20 heavy (non-hydrogen) atoms. The first kappa shape index (κ1) is 14.0. The SMILES string of the molecule is CN(C)c1cc(NCCOc2ccc(F)cc2)ncn1. The second kappa shape index (κ2) is 6.70. The Morgan fingerprint density at radius 2 is 1.95 bits per heavy atom. The predicted octanol–water partition coefficient (Wildman–Crippen LogP) is 2.17. The van der Waals surface area contributed by atoms with Crippen molar-refractivity contribution in [2.45, 2.75) is 0 Å². The topological polar surface area (TPSA) is 50.3 Å². The van der Waals surface area contributed by atoms with Gasteiger partial charge in [-0.15, -0.1) is 0 Å². The first-order valence-corrected chi connectivity index (χ1v) is 6.27. The van der Waals surface area contributed by atoms with E-state index in [9.17, 15) is 4.39 Å². The Kier molecular flexibility index (Phi) is 4.70. The minimum absolute atomic E-state index is 0.271. The summed E-state index contributed by atoms with van der Waals surface area (Å²) in [4.78, 5) is 10.2. The van der Waals surface area contributed by atoms with Gasteiger partial charge >= 0.3 is 0 Å². The third-order valence-corrected chi connectivity index (χ3v) is 2.60. The minimum Gasteiger partial charge on any atom is -0.492 e. The third-order valence-electron chi connectivity index (χ3n) is 2.60. The van der Waals surface area contributed by atoms with Crippen LogP contribution in [0.25, 0.3) is 0 Å². The van der Waals surface area contributed by atoms with Crippen LogP contribution in [-0.2, 0) is 0 Å². The lowest BCUT2D eigenvalue weighted by Gasteiger charge is -2.12. The molecular formula is C14H17FN4O. The van der Waals surface area contributed by atoms with Crippen molar-refractivity contribution in [2.24, 2.45) is 0 Å². The quantitative estimate of drug-likeness (QED) is 0.819. The lowest BCUT2D eigenvalue weighted by molar-refractivity contribution is 0.332. The van der Waals surface area contributed by atoms with Crippen LogP contribution in [0.2, 0.25) is 0 Å². The highest BCUT2D eigenvalue weighted by molar-refractivity contribution is 5.47. The van der Waals surface area contributed by atoms with E-state index in [0.717, 1.165) is 11.6 Å². The first-order valence-electron chi connectivity index (χ1n) is 6.27. The lowest BCUT2D eigenvalue weighted by Crippen LogP contribution is -2.14. The van der Waals surface area contributed by atoms with E-state index in [0.29, 0.717) is 18.9 Å². The number of benzene rings is 1. The average Bonchev–Trinajstić information content (AvgIpc) is 2.46. The molecule has 5 nitrogen and oxygen atoms in total. The molecule has 1 heterocycles. The number of nitrogens with zero attached hydrogens (tertiary/aromatic N) is 3. The Balaban J connectivity index is 1.78. The maximum Gasteiger partial charge on any atom is 0.133 e. The third kappa shape index (κ3) is 4.08. The van der Waals surface area contributed by atoms with E-state index in [4.69, 9.17) is 4.74 Å². The Morgan fingerprint density at radius 3 is 2.65 bits per heavy atom. The van der Waals surface area contributed by atoms with Gasteiger partial charge in [0.2, 0.25) is 0 Å². The molecule has 0 atom stereocenters. The number of anilines is 2. The van der Waals surface area contributed by atoms with Crippen LogP contribution in [0.1, 0.15) is 0 Å². The number of aromatic nitrogens is 2. The summed E-state index contributed by atoms with van der Waals surface area (Å²) in [7, 11) is 3.84. The highest BCUT2D eigenvalue weighted by atomic mass is 19.1. The fraction of sp³-hybridized carbons (Fsp3) is 0.286. The van der Waals surface area contributed by atoms with Gasteiger partial charge in [0.1, 0.15) is 36.1 Å². The molecule has 2 aromatic rings. The number of hydrogen-bond acceptors (Lipinski definition) is 5. The van der Waals surface area contributed by atoms with Crippen molar-refractivity contribution >= 4 is 11.6 Å². The molecule has 0 spiro atoms. The molecule has 0 aliphatic carbocycles. The van der Waals surface area contributed by atoms with Crippen molar-refractivity contribution in [2.75, 3.05) is 37.5 Å². The molecule has 0 saturated heterocycles. The van der Waals surface area contributed by atoms with Crippen LogP contribution < -0.4 is 15.0 Å². The minimum atomic E-state index is -0.271. The van der Waals surface area contributed by atoms with Gasteiger partial charge in [-0.25, -0.2) is 14.4 Å². The molecule has 6 heteroatoms. The van der Waals surface area contributed by atoms with Gasteiger partial charge in [-0.3, -0.25) is 0 Å². The Bertz CT molecular complexity index is 545. The predicted molar refractivity (Wildman–Crippen MR) is 76.7 cm³/mol. The zero-order valence-corrected chi connectivity index (χ0v) is 11.5. The van der Waals surface area contributed by atoms with Gasteiger partial charge in [-0.2, -0.15) is 0 Å². The van der Waals surface area contributed by atoms with Crippen LogP contribution >= 0.6 is 0 Å². The van der Waals surface area contributed by atoms with E-state index in [1.165, 1.54) is 18.5 Å². The summed E-state index contributed by atoms with van der Waals surface area (Å²) in [5.74, 6) is 1.95. The van der Waals surface area contributed by atoms with Gasteiger partial charge in [0, 0.05) is 20.2 Å². The maximum atomic E-state index is 12.7. The van der Waals surface area contributed by atoms with Gasteiger partial charge in [0.25, 0.3) is 0 Å². The number of hydrogen-bond donors (Lipinski definition) is 1. The van der Waals surface area contributed by atoms with Crippen LogP contribution in [0.4, 0.5) is 16.0 Å². The van der Waals surface area contributed by atoms with E-state index in [2.05, 4.69) is 15.3 Å². The highest BCUT2D eigenvalue weighted by Gasteiger charge is 2.00. The lowest BCUT2D eigenvalue weighted by atomic mass is 10.3. The number of rotatable bonds is 6. The zero-order valence-electron chi connectivity index (χ0n) is 11.5. The fourth-order valence-electron chi connectivity index (χ4n) is 1.57. The summed E-state index contributed by atoms with van der Waals surface area (Å²) < 4.78 is 18.2. The van der Waals surface area contributed by atoms with E-state index in [1.807, 2.05) is 25.1 Å². The molecule has 1 N–H and O–H groups in total. The summed E-state index contributed by atoms with van der Waals surface area (Å²) in [5.41, 5.74) is 0. The molecule has 0 amide bonds. The average molecular weight is 276 g/mol. The molecule has 0 fully saturated rings. The molecular weight excluding hydrogens is 259 g/mol. The van der Waals surface area contributed by atoms with E-state index in [-0.39, 0.29) is 5.82 Å². The van der Waals surface area contributed by atoms with Crippen molar-refractivity contribution in [1.82, 2.24) is 9.97 Å². The molecule has 0 bridgehead atoms. The molecule has 0 aliphatic rings. The Morgan fingerprint density at radius 1 is 1.20 bits per heavy atom. The van der Waals surface area contributed by atoms with Crippen molar-refractivity contribution in [1.29, 1.82) is 0 Å². The summed E-state index contributed by atoms with van der Waals surface area (Å²) >= 11 is 0. The van der Waals surface area contributed by atoms with Crippen molar-refractivity contribution in [3.63, 3.8) is 0 Å². The van der Waals surface area contributed by atoms with Gasteiger partial charge < -0.3 is 15.0 Å². The fourth-order valence-corrected chi connectivity index (χ4v) is 1.57. The summed E-state index contributed by atoms with van der Waals surface area (Å²) in [5, 5.41) is 3.14. The summed E-state index contributed by atoms with van der Waals surface area (Å²) in [6, 6.07) is 7.80. The molecule has 2 rings (SSSR count). The molecule has 0 aliphatic heterocycles. The summed E-state index contributed by atoms with van der Waals surface area (Å²) in [6.45, 7) is 1.06. The number of ether oxygens (including phenoxy) is 1. The first-order chi connectivity index (χ1) is 9.65. The van der Waals surface area contributed by atoms with Gasteiger partial charge in [0.05, 0.1) is 6.54 Å². The largest absolute Gasteiger partial charge is 0.492 e. The summed E-state index contributed by atoms with van der Waals surface area (Å²) in [6.07, 6.45) is 1.51. The highest BCUT2D eigenvalue weighted by Crippen LogP contribution is 2.12. The van der Waals surface area contributed by atoms with Crippen molar-refractivity contribution in [3.8, 4) is 5.75 Å².